The molecule has 4 nitrogen and oxygen atoms in total. The Kier molecular flexibility index (Phi) is 5.11. The van der Waals surface area contributed by atoms with Gasteiger partial charge in [-0.2, -0.15) is 0 Å². The summed E-state index contributed by atoms with van der Waals surface area (Å²) in [5.74, 6) is 0.858. The molecule has 1 aromatic carbocycles. The molecule has 1 saturated heterocycles. The van der Waals surface area contributed by atoms with Crippen molar-refractivity contribution in [3.8, 4) is 5.75 Å². The highest BCUT2D eigenvalue weighted by molar-refractivity contribution is 5.27. The lowest BCUT2D eigenvalue weighted by atomic mass is 9.71. The minimum atomic E-state index is -0.591. The third-order valence-electron chi connectivity index (χ3n) is 5.43. The first-order chi connectivity index (χ1) is 11.9. The summed E-state index contributed by atoms with van der Waals surface area (Å²) >= 11 is 0. The van der Waals surface area contributed by atoms with Crippen molar-refractivity contribution in [1.29, 1.82) is 0 Å². The number of pyridine rings is 1. The Morgan fingerprint density at radius 2 is 1.88 bits per heavy atom. The minimum absolute atomic E-state index is 0.100. The van der Waals surface area contributed by atoms with Crippen LogP contribution in [0.15, 0.2) is 48.7 Å². The summed E-state index contributed by atoms with van der Waals surface area (Å²) in [5.41, 5.74) is 1.50. The summed E-state index contributed by atoms with van der Waals surface area (Å²) in [6.07, 6.45) is 2.59. The SMILES string of the molecule is CC1(C)CN(Cc2ccc(OCc3ccccn3)cc2)CC[C@]1(C)O. The summed E-state index contributed by atoms with van der Waals surface area (Å²) in [5, 5.41) is 10.5. The molecule has 134 valence electrons. The molecule has 0 unspecified atom stereocenters. The standard InChI is InChI=1S/C21H28N2O2/c1-20(2)16-23(13-11-21(20,3)24)14-17-7-9-19(10-8-17)25-15-18-6-4-5-12-22-18/h4-10,12,24H,11,13-16H2,1-3H3/t21-/m0/s1. The van der Waals surface area contributed by atoms with Crippen LogP contribution in [0, 0.1) is 5.41 Å². The highest BCUT2D eigenvalue weighted by Gasteiger charge is 2.43. The van der Waals surface area contributed by atoms with Gasteiger partial charge in [-0.1, -0.05) is 32.0 Å². The Morgan fingerprint density at radius 1 is 1.12 bits per heavy atom. The second-order valence-electron chi connectivity index (χ2n) is 7.87. The predicted molar refractivity (Wildman–Crippen MR) is 99.3 cm³/mol. The molecule has 0 aliphatic carbocycles. The molecule has 1 N–H and O–H groups in total. The van der Waals surface area contributed by atoms with Crippen molar-refractivity contribution in [2.75, 3.05) is 13.1 Å². The van der Waals surface area contributed by atoms with E-state index < -0.39 is 5.60 Å². The molecule has 4 heteroatoms. The van der Waals surface area contributed by atoms with Crippen molar-refractivity contribution in [2.24, 2.45) is 5.41 Å². The van der Waals surface area contributed by atoms with Gasteiger partial charge in [0.15, 0.2) is 0 Å². The Morgan fingerprint density at radius 3 is 2.52 bits per heavy atom. The van der Waals surface area contributed by atoms with Crippen LogP contribution in [0.5, 0.6) is 5.75 Å². The maximum Gasteiger partial charge on any atom is 0.130 e. The summed E-state index contributed by atoms with van der Waals surface area (Å²) in [6.45, 7) is 9.46. The number of aromatic nitrogens is 1. The Bertz CT molecular complexity index is 681. The fourth-order valence-corrected chi connectivity index (χ4v) is 3.25. The first-order valence-electron chi connectivity index (χ1n) is 8.92. The van der Waals surface area contributed by atoms with Crippen LogP contribution in [0.2, 0.25) is 0 Å². The largest absolute Gasteiger partial charge is 0.487 e. The molecule has 1 aliphatic rings. The molecule has 0 spiro atoms. The first kappa shape index (κ1) is 17.9. The molecule has 1 aliphatic heterocycles. The van der Waals surface area contributed by atoms with E-state index in [-0.39, 0.29) is 5.41 Å². The number of piperidine rings is 1. The molecule has 0 amide bonds. The van der Waals surface area contributed by atoms with Gasteiger partial charge < -0.3 is 9.84 Å². The van der Waals surface area contributed by atoms with Gasteiger partial charge in [0.1, 0.15) is 12.4 Å². The monoisotopic (exact) mass is 340 g/mol. The number of aliphatic hydroxyl groups is 1. The highest BCUT2D eigenvalue weighted by Crippen LogP contribution is 2.38. The van der Waals surface area contributed by atoms with E-state index in [2.05, 4.69) is 35.9 Å². The lowest BCUT2D eigenvalue weighted by Gasteiger charge is -2.48. The number of hydrogen-bond acceptors (Lipinski definition) is 4. The van der Waals surface area contributed by atoms with Gasteiger partial charge in [0.2, 0.25) is 0 Å². The average Bonchev–Trinajstić information content (AvgIpc) is 2.59. The van der Waals surface area contributed by atoms with Crippen LogP contribution in [-0.4, -0.2) is 33.7 Å². The van der Waals surface area contributed by atoms with Gasteiger partial charge in [0, 0.05) is 31.2 Å². The fraction of sp³-hybridized carbons (Fsp3) is 0.476. The van der Waals surface area contributed by atoms with E-state index in [1.165, 1.54) is 5.56 Å². The lowest BCUT2D eigenvalue weighted by molar-refractivity contribution is -0.107. The zero-order valence-electron chi connectivity index (χ0n) is 15.4. The molecule has 2 heterocycles. The maximum absolute atomic E-state index is 10.5. The van der Waals surface area contributed by atoms with E-state index in [0.717, 1.165) is 37.5 Å². The van der Waals surface area contributed by atoms with Crippen LogP contribution >= 0.6 is 0 Å². The van der Waals surface area contributed by atoms with Crippen LogP contribution in [0.3, 0.4) is 0 Å². The van der Waals surface area contributed by atoms with Gasteiger partial charge in [-0.05, 0) is 43.2 Å². The van der Waals surface area contributed by atoms with E-state index in [0.29, 0.717) is 6.61 Å². The number of rotatable bonds is 5. The van der Waals surface area contributed by atoms with Gasteiger partial charge >= 0.3 is 0 Å². The molecule has 25 heavy (non-hydrogen) atoms. The Hall–Kier alpha value is -1.91. The number of benzene rings is 1. The van der Waals surface area contributed by atoms with E-state index in [1.807, 2.05) is 37.3 Å². The molecule has 3 rings (SSSR count). The lowest BCUT2D eigenvalue weighted by Crippen LogP contribution is -2.55. The van der Waals surface area contributed by atoms with Crippen LogP contribution < -0.4 is 4.74 Å². The molecule has 2 aromatic rings. The van der Waals surface area contributed by atoms with Crippen molar-refractivity contribution in [2.45, 2.75) is 45.9 Å². The third kappa shape index (κ3) is 4.39. The number of ether oxygens (including phenoxy) is 1. The molecule has 1 aromatic heterocycles. The van der Waals surface area contributed by atoms with E-state index in [9.17, 15) is 5.11 Å². The average molecular weight is 340 g/mol. The second kappa shape index (κ2) is 7.14. The second-order valence-corrected chi connectivity index (χ2v) is 7.87. The normalized spacial score (nSPS) is 23.4. The van der Waals surface area contributed by atoms with E-state index >= 15 is 0 Å². The Balaban J connectivity index is 1.54. The van der Waals surface area contributed by atoms with Gasteiger partial charge in [-0.3, -0.25) is 9.88 Å². The molecular formula is C21H28N2O2. The fourth-order valence-electron chi connectivity index (χ4n) is 3.25. The molecule has 1 atom stereocenters. The molecule has 1 fully saturated rings. The maximum atomic E-state index is 10.5. The van der Waals surface area contributed by atoms with Crippen LogP contribution in [0.25, 0.3) is 0 Å². The van der Waals surface area contributed by atoms with Crippen LogP contribution in [0.4, 0.5) is 0 Å². The Labute approximate surface area is 150 Å². The smallest absolute Gasteiger partial charge is 0.130 e. The molecule has 0 bridgehead atoms. The molecule has 0 saturated carbocycles. The summed E-state index contributed by atoms with van der Waals surface area (Å²) in [6, 6.07) is 14.1. The van der Waals surface area contributed by atoms with E-state index in [4.69, 9.17) is 4.74 Å². The van der Waals surface area contributed by atoms with Gasteiger partial charge in [0.05, 0.1) is 11.3 Å². The summed E-state index contributed by atoms with van der Waals surface area (Å²) < 4.78 is 5.79. The first-order valence-corrected chi connectivity index (χ1v) is 8.92. The van der Waals surface area contributed by atoms with Crippen molar-refractivity contribution in [3.05, 3.63) is 59.9 Å². The van der Waals surface area contributed by atoms with Crippen molar-refractivity contribution >= 4 is 0 Å². The number of hydrogen-bond donors (Lipinski definition) is 1. The zero-order valence-corrected chi connectivity index (χ0v) is 15.4. The summed E-state index contributed by atoms with van der Waals surface area (Å²) in [7, 11) is 0. The minimum Gasteiger partial charge on any atom is -0.487 e. The summed E-state index contributed by atoms with van der Waals surface area (Å²) in [4.78, 5) is 6.68. The van der Waals surface area contributed by atoms with Crippen molar-refractivity contribution < 1.29 is 9.84 Å². The topological polar surface area (TPSA) is 45.6 Å². The highest BCUT2D eigenvalue weighted by atomic mass is 16.5. The predicted octanol–water partition coefficient (Wildman–Crippen LogP) is 3.64. The molecule has 0 radical (unpaired) electrons. The van der Waals surface area contributed by atoms with Gasteiger partial charge in [-0.15, -0.1) is 0 Å². The molecular weight excluding hydrogens is 312 g/mol. The van der Waals surface area contributed by atoms with Crippen LogP contribution in [-0.2, 0) is 13.2 Å². The van der Waals surface area contributed by atoms with Crippen molar-refractivity contribution in [3.63, 3.8) is 0 Å². The number of likely N-dealkylation sites (tertiary alicyclic amines) is 1. The van der Waals surface area contributed by atoms with Crippen LogP contribution in [0.1, 0.15) is 38.4 Å². The van der Waals surface area contributed by atoms with Crippen molar-refractivity contribution in [1.82, 2.24) is 9.88 Å². The zero-order chi connectivity index (χ0) is 17.9. The quantitative estimate of drug-likeness (QED) is 0.902. The van der Waals surface area contributed by atoms with Gasteiger partial charge in [-0.25, -0.2) is 0 Å². The van der Waals surface area contributed by atoms with Gasteiger partial charge in [0.25, 0.3) is 0 Å². The van der Waals surface area contributed by atoms with E-state index in [1.54, 1.807) is 6.20 Å². The third-order valence-corrected chi connectivity index (χ3v) is 5.43. The number of nitrogens with zero attached hydrogens (tertiary/aromatic N) is 2.